The van der Waals surface area contributed by atoms with Gasteiger partial charge in [-0.2, -0.15) is 0 Å². The Balaban J connectivity index is 0.00000109. The highest BCUT2D eigenvalue weighted by molar-refractivity contribution is 6.04. The summed E-state index contributed by atoms with van der Waals surface area (Å²) >= 11 is 0. The van der Waals surface area contributed by atoms with E-state index in [2.05, 4.69) is 0 Å². The van der Waals surface area contributed by atoms with Crippen LogP contribution in [-0.2, 0) is 12.8 Å². The molecule has 0 aliphatic carbocycles. The topological polar surface area (TPSA) is 107 Å². The number of carbonyl (C=O) groups is 1. The van der Waals surface area contributed by atoms with Gasteiger partial charge in [0.15, 0.2) is 5.78 Å². The van der Waals surface area contributed by atoms with Crippen LogP contribution in [0.25, 0.3) is 0 Å². The van der Waals surface area contributed by atoms with E-state index in [0.29, 0.717) is 16.7 Å². The number of aryl methyl sites for hydroxylation is 2. The molecule has 1 heterocycles. The van der Waals surface area contributed by atoms with Crippen molar-refractivity contribution in [1.82, 2.24) is 0 Å². The first-order valence-electron chi connectivity index (χ1n) is 12.5. The Hall–Kier alpha value is -3.67. The summed E-state index contributed by atoms with van der Waals surface area (Å²) in [5.74, 6) is -0.605. The third kappa shape index (κ3) is 5.93. The Morgan fingerprint density at radius 1 is 0.778 bits per heavy atom. The molecule has 4 rings (SSSR count). The van der Waals surface area contributed by atoms with Crippen LogP contribution in [0.15, 0.2) is 36.4 Å². The second-order valence-corrected chi connectivity index (χ2v) is 8.53. The average molecular weight is 495 g/mol. The lowest BCUT2D eigenvalue weighted by Gasteiger charge is -2.28. The number of hydrogen-bond acceptors (Lipinski definition) is 6. The summed E-state index contributed by atoms with van der Waals surface area (Å²) in [4.78, 5) is 12.9. The van der Waals surface area contributed by atoms with Crippen molar-refractivity contribution in [3.8, 4) is 28.7 Å². The van der Waals surface area contributed by atoms with Gasteiger partial charge in [-0.05, 0) is 44.0 Å². The first kappa shape index (κ1) is 28.6. The van der Waals surface area contributed by atoms with E-state index in [9.17, 15) is 25.2 Å². The number of carbonyl (C=O) groups excluding carboxylic acids is 1. The monoisotopic (exact) mass is 494 g/mol. The molecular formula is C30H38O6. The number of ketones is 1. The van der Waals surface area contributed by atoms with Crippen molar-refractivity contribution in [2.24, 2.45) is 0 Å². The molecule has 0 bridgehead atoms. The molecule has 194 valence electrons. The summed E-state index contributed by atoms with van der Waals surface area (Å²) in [7, 11) is 0. The van der Waals surface area contributed by atoms with Gasteiger partial charge in [0.1, 0.15) is 40.4 Å². The number of Topliss-reactive ketones (excluding diaryl/α,β-unsaturated/α-hetero) is 1. The summed E-state index contributed by atoms with van der Waals surface area (Å²) in [6.07, 6.45) is -0.177. The zero-order valence-electron chi connectivity index (χ0n) is 22.3. The average Bonchev–Trinajstić information content (AvgIpc) is 2.85. The van der Waals surface area contributed by atoms with E-state index in [1.165, 1.54) is 0 Å². The number of benzene rings is 3. The summed E-state index contributed by atoms with van der Waals surface area (Å²) in [5, 5.41) is 42.9. The second-order valence-electron chi connectivity index (χ2n) is 8.53. The van der Waals surface area contributed by atoms with E-state index in [-0.39, 0.29) is 64.9 Å². The Morgan fingerprint density at radius 2 is 1.25 bits per heavy atom. The van der Waals surface area contributed by atoms with Crippen molar-refractivity contribution >= 4 is 5.78 Å². The van der Waals surface area contributed by atoms with Crippen LogP contribution in [-0.4, -0.2) is 32.3 Å². The lowest BCUT2D eigenvalue weighted by molar-refractivity contribution is 0.0863. The highest BCUT2D eigenvalue weighted by atomic mass is 16.5. The maximum atomic E-state index is 12.9. The molecule has 1 atom stereocenters. The Bertz CT molecular complexity index is 1230. The predicted octanol–water partition coefficient (Wildman–Crippen LogP) is 6.71. The van der Waals surface area contributed by atoms with Gasteiger partial charge in [-0.1, -0.05) is 63.1 Å². The van der Waals surface area contributed by atoms with Gasteiger partial charge in [0.25, 0.3) is 0 Å². The van der Waals surface area contributed by atoms with Crippen molar-refractivity contribution in [1.29, 1.82) is 0 Å². The molecule has 1 unspecified atom stereocenters. The van der Waals surface area contributed by atoms with E-state index in [1.807, 2.05) is 41.5 Å². The summed E-state index contributed by atoms with van der Waals surface area (Å²) < 4.78 is 5.91. The van der Waals surface area contributed by atoms with Crippen LogP contribution in [0.3, 0.4) is 0 Å². The Kier molecular flexibility index (Phi) is 9.79. The second kappa shape index (κ2) is 12.3. The van der Waals surface area contributed by atoms with Gasteiger partial charge in [-0.3, -0.25) is 4.79 Å². The number of aromatic hydroxyl groups is 4. The lowest BCUT2D eigenvalue weighted by atomic mass is 9.88. The van der Waals surface area contributed by atoms with Crippen LogP contribution in [0, 0.1) is 13.8 Å². The van der Waals surface area contributed by atoms with E-state index >= 15 is 0 Å². The van der Waals surface area contributed by atoms with E-state index in [4.69, 9.17) is 4.74 Å². The van der Waals surface area contributed by atoms with Gasteiger partial charge < -0.3 is 25.2 Å². The summed E-state index contributed by atoms with van der Waals surface area (Å²) in [5.41, 5.74) is 3.40. The minimum Gasteiger partial charge on any atom is -0.508 e. The third-order valence-electron chi connectivity index (χ3n) is 5.87. The zero-order chi connectivity index (χ0) is 27.2. The number of phenolic OH excluding ortho intramolecular Hbond substituents is 4. The molecule has 0 radical (unpaired) electrons. The van der Waals surface area contributed by atoms with Gasteiger partial charge in [-0.25, -0.2) is 0 Å². The third-order valence-corrected chi connectivity index (χ3v) is 5.87. The van der Waals surface area contributed by atoms with Crippen LogP contribution >= 0.6 is 0 Å². The first-order valence-corrected chi connectivity index (χ1v) is 12.5. The number of fused-ring (bicyclic) bond motifs is 1. The number of ether oxygens (including phenoxy) is 1. The molecular weight excluding hydrogens is 456 g/mol. The van der Waals surface area contributed by atoms with Crippen molar-refractivity contribution < 1.29 is 30.0 Å². The van der Waals surface area contributed by atoms with Crippen molar-refractivity contribution in [2.45, 2.75) is 73.8 Å². The maximum absolute atomic E-state index is 12.9. The van der Waals surface area contributed by atoms with Crippen molar-refractivity contribution in [3.05, 3.63) is 75.3 Å². The minimum absolute atomic E-state index is 0.0219. The van der Waals surface area contributed by atoms with Crippen LogP contribution in [0.5, 0.6) is 28.7 Å². The highest BCUT2D eigenvalue weighted by Crippen LogP contribution is 2.48. The van der Waals surface area contributed by atoms with Gasteiger partial charge in [0.2, 0.25) is 0 Å². The normalized spacial score (nSPS) is 14.0. The number of hydrogen-bond donors (Lipinski definition) is 4. The zero-order valence-corrected chi connectivity index (χ0v) is 22.3. The highest BCUT2D eigenvalue weighted by Gasteiger charge is 2.34. The molecule has 0 saturated heterocycles. The number of rotatable bonds is 4. The molecule has 3 aromatic carbocycles. The van der Waals surface area contributed by atoms with Crippen LogP contribution < -0.4 is 4.74 Å². The minimum atomic E-state index is -0.412. The quantitative estimate of drug-likeness (QED) is 0.321. The molecule has 0 fully saturated rings. The molecule has 1 aliphatic rings. The van der Waals surface area contributed by atoms with Gasteiger partial charge in [0.05, 0.1) is 0 Å². The molecule has 3 aromatic rings. The fourth-order valence-corrected chi connectivity index (χ4v) is 4.23. The Morgan fingerprint density at radius 3 is 1.75 bits per heavy atom. The van der Waals surface area contributed by atoms with Gasteiger partial charge >= 0.3 is 0 Å². The fourth-order valence-electron chi connectivity index (χ4n) is 4.23. The van der Waals surface area contributed by atoms with Crippen molar-refractivity contribution in [3.63, 3.8) is 0 Å². The molecule has 0 aromatic heterocycles. The molecule has 0 amide bonds. The fraction of sp³-hybridized carbons (Fsp3) is 0.367. The molecule has 0 spiro atoms. The van der Waals surface area contributed by atoms with E-state index in [0.717, 1.165) is 11.1 Å². The van der Waals surface area contributed by atoms with Gasteiger partial charge in [0, 0.05) is 30.4 Å². The van der Waals surface area contributed by atoms with Crippen LogP contribution in [0.1, 0.15) is 84.8 Å². The summed E-state index contributed by atoms with van der Waals surface area (Å²) in [6, 6.07) is 10.2. The smallest absolute Gasteiger partial charge is 0.174 e. The number of phenols is 4. The lowest BCUT2D eigenvalue weighted by Crippen LogP contribution is -2.25. The van der Waals surface area contributed by atoms with E-state index < -0.39 is 6.10 Å². The standard InChI is InChI=1S/C26H26O6.2C2H6/c1-13-4-6-20(27)16(8-13)11-18-24(30)19(12-17-9-14(2)5-7-21(17)28)26-23(25(18)31)22(29)10-15(3)32-26;2*1-2/h4-9,15,27-28,30-31H,10-12H2,1-3H3;2*1-2H3. The van der Waals surface area contributed by atoms with Crippen LogP contribution in [0.2, 0.25) is 0 Å². The van der Waals surface area contributed by atoms with E-state index in [1.54, 1.807) is 43.3 Å². The predicted molar refractivity (Wildman–Crippen MR) is 143 cm³/mol. The van der Waals surface area contributed by atoms with Crippen LogP contribution in [0.4, 0.5) is 0 Å². The molecule has 36 heavy (non-hydrogen) atoms. The largest absolute Gasteiger partial charge is 0.508 e. The summed E-state index contributed by atoms with van der Waals surface area (Å²) in [6.45, 7) is 13.5. The van der Waals surface area contributed by atoms with Crippen molar-refractivity contribution in [2.75, 3.05) is 0 Å². The molecule has 1 aliphatic heterocycles. The molecule has 4 N–H and O–H groups in total. The van der Waals surface area contributed by atoms with Gasteiger partial charge in [-0.15, -0.1) is 0 Å². The SMILES string of the molecule is CC.CC.Cc1ccc(O)c(Cc2c(O)c(Cc3cc(C)ccc3O)c3c(c2O)C(=O)CC(C)O3)c1. The maximum Gasteiger partial charge on any atom is 0.174 e. The molecule has 6 nitrogen and oxygen atoms in total. The first-order chi connectivity index (χ1) is 17.2. The Labute approximate surface area is 213 Å². The molecule has 6 heteroatoms. The molecule has 0 saturated carbocycles.